The van der Waals surface area contributed by atoms with Gasteiger partial charge in [0.05, 0.1) is 13.2 Å². The van der Waals surface area contributed by atoms with Crippen LogP contribution in [-0.2, 0) is 25.2 Å². The van der Waals surface area contributed by atoms with Crippen LogP contribution in [0.25, 0.3) is 0 Å². The molecule has 0 N–H and O–H groups in total. The molecule has 0 aliphatic carbocycles. The highest BCUT2D eigenvalue weighted by molar-refractivity contribution is 7.81. The van der Waals surface area contributed by atoms with Crippen molar-refractivity contribution in [2.45, 2.75) is 13.3 Å². The molecule has 0 saturated carbocycles. The fourth-order valence-electron chi connectivity index (χ4n) is 2.19. The number of nitrogens with zero attached hydrogens (tertiary/aromatic N) is 2. The average molecular weight is 336 g/mol. The van der Waals surface area contributed by atoms with Crippen molar-refractivity contribution in [1.29, 1.82) is 0 Å². The first kappa shape index (κ1) is 15.9. The van der Waals surface area contributed by atoms with Crippen LogP contribution >= 0.6 is 0 Å². The highest BCUT2D eigenvalue weighted by Gasteiger charge is 2.25. The van der Waals surface area contributed by atoms with E-state index in [-0.39, 0.29) is 19.1 Å². The largest absolute Gasteiger partial charge is 0.439 e. The number of hydrogen-bond acceptors (Lipinski definition) is 7. The van der Waals surface area contributed by atoms with E-state index in [1.165, 1.54) is 6.33 Å². The zero-order valence-electron chi connectivity index (χ0n) is 12.5. The Morgan fingerprint density at radius 3 is 2.57 bits per heavy atom. The van der Waals surface area contributed by atoms with E-state index in [0.717, 1.165) is 11.1 Å². The predicted molar refractivity (Wildman–Crippen MR) is 81.3 cm³/mol. The molecule has 3 rings (SSSR count). The standard InChI is InChI=1S/C15H16N2O5S/c1-11-7-16-10-17-15(11)22-14-4-2-12(3-5-14)6-13-8-20-23(18,19)21-9-13/h2-5,7,10,13H,6,8-9H2,1H3. The SMILES string of the molecule is Cc1cncnc1Oc1ccc(CC2COS(=O)(=O)OC2)cc1. The number of ether oxygens (including phenoxy) is 1. The molecule has 122 valence electrons. The van der Waals surface area contributed by atoms with E-state index in [4.69, 9.17) is 4.74 Å². The summed E-state index contributed by atoms with van der Waals surface area (Å²) in [5, 5.41) is 0. The Balaban J connectivity index is 1.60. The summed E-state index contributed by atoms with van der Waals surface area (Å²) >= 11 is 0. The molecule has 1 saturated heterocycles. The molecule has 23 heavy (non-hydrogen) atoms. The maximum Gasteiger partial charge on any atom is 0.399 e. The predicted octanol–water partition coefficient (Wildman–Crippen LogP) is 2.03. The lowest BCUT2D eigenvalue weighted by Crippen LogP contribution is -2.29. The monoisotopic (exact) mass is 336 g/mol. The van der Waals surface area contributed by atoms with Gasteiger partial charge in [0.1, 0.15) is 12.1 Å². The van der Waals surface area contributed by atoms with Crippen LogP contribution in [0, 0.1) is 12.8 Å². The van der Waals surface area contributed by atoms with Gasteiger partial charge in [0.15, 0.2) is 0 Å². The molecule has 0 amide bonds. The van der Waals surface area contributed by atoms with E-state index in [0.29, 0.717) is 18.1 Å². The number of benzene rings is 1. The van der Waals surface area contributed by atoms with Gasteiger partial charge in [0.2, 0.25) is 5.88 Å². The summed E-state index contributed by atoms with van der Waals surface area (Å²) in [6, 6.07) is 7.54. The first-order valence-corrected chi connectivity index (χ1v) is 8.42. The molecule has 1 fully saturated rings. The van der Waals surface area contributed by atoms with Gasteiger partial charge >= 0.3 is 10.4 Å². The number of hydrogen-bond donors (Lipinski definition) is 0. The quantitative estimate of drug-likeness (QED) is 0.844. The summed E-state index contributed by atoms with van der Waals surface area (Å²) in [5.41, 5.74) is 1.91. The van der Waals surface area contributed by atoms with Gasteiger partial charge in [-0.3, -0.25) is 0 Å². The van der Waals surface area contributed by atoms with Gasteiger partial charge in [-0.05, 0) is 31.0 Å². The molecule has 1 aliphatic rings. The van der Waals surface area contributed by atoms with Gasteiger partial charge in [-0.15, -0.1) is 0 Å². The lowest BCUT2D eigenvalue weighted by Gasteiger charge is -2.21. The van der Waals surface area contributed by atoms with Gasteiger partial charge in [0.25, 0.3) is 0 Å². The molecule has 0 radical (unpaired) electrons. The second kappa shape index (κ2) is 6.61. The van der Waals surface area contributed by atoms with Crippen LogP contribution < -0.4 is 4.74 Å². The third-order valence-corrected chi connectivity index (χ3v) is 4.26. The fraction of sp³-hybridized carbons (Fsp3) is 0.333. The van der Waals surface area contributed by atoms with E-state index in [1.807, 2.05) is 31.2 Å². The van der Waals surface area contributed by atoms with Crippen LogP contribution in [0.15, 0.2) is 36.8 Å². The third-order valence-electron chi connectivity index (χ3n) is 3.41. The van der Waals surface area contributed by atoms with Crippen molar-refractivity contribution in [2.75, 3.05) is 13.2 Å². The molecule has 7 nitrogen and oxygen atoms in total. The Bertz CT molecular complexity index is 763. The maximum absolute atomic E-state index is 11.0. The van der Waals surface area contributed by atoms with Crippen molar-refractivity contribution < 1.29 is 21.5 Å². The molecule has 0 atom stereocenters. The van der Waals surface area contributed by atoms with Crippen LogP contribution in [-0.4, -0.2) is 31.6 Å². The topological polar surface area (TPSA) is 87.6 Å². The van der Waals surface area contributed by atoms with Crippen LogP contribution in [0.3, 0.4) is 0 Å². The smallest absolute Gasteiger partial charge is 0.399 e. The molecule has 0 spiro atoms. The van der Waals surface area contributed by atoms with Crippen molar-refractivity contribution in [2.24, 2.45) is 5.92 Å². The molecule has 0 unspecified atom stereocenters. The van der Waals surface area contributed by atoms with Gasteiger partial charge in [0, 0.05) is 17.7 Å². The average Bonchev–Trinajstić information content (AvgIpc) is 2.53. The Kier molecular flexibility index (Phi) is 4.56. The Morgan fingerprint density at radius 1 is 1.22 bits per heavy atom. The van der Waals surface area contributed by atoms with E-state index in [1.54, 1.807) is 6.20 Å². The molecule has 2 heterocycles. The van der Waals surface area contributed by atoms with Crippen LogP contribution in [0.1, 0.15) is 11.1 Å². The van der Waals surface area contributed by atoms with Crippen LogP contribution in [0.4, 0.5) is 0 Å². The molecule has 1 aromatic carbocycles. The molecule has 2 aromatic rings. The molecule has 1 aromatic heterocycles. The highest BCUT2D eigenvalue weighted by Crippen LogP contribution is 2.23. The summed E-state index contributed by atoms with van der Waals surface area (Å²) in [6.07, 6.45) is 3.80. The summed E-state index contributed by atoms with van der Waals surface area (Å²) in [4.78, 5) is 8.00. The number of rotatable bonds is 4. The van der Waals surface area contributed by atoms with Gasteiger partial charge in [-0.2, -0.15) is 8.42 Å². The van der Waals surface area contributed by atoms with Crippen molar-refractivity contribution in [3.05, 3.63) is 47.9 Å². The van der Waals surface area contributed by atoms with E-state index < -0.39 is 10.4 Å². The normalized spacial score (nSPS) is 17.8. The van der Waals surface area contributed by atoms with Crippen molar-refractivity contribution in [3.8, 4) is 11.6 Å². The first-order chi connectivity index (χ1) is 11.0. The van der Waals surface area contributed by atoms with E-state index in [9.17, 15) is 8.42 Å². The van der Waals surface area contributed by atoms with Crippen molar-refractivity contribution in [1.82, 2.24) is 9.97 Å². The Morgan fingerprint density at radius 2 is 1.91 bits per heavy atom. The van der Waals surface area contributed by atoms with Gasteiger partial charge in [-0.1, -0.05) is 12.1 Å². The van der Waals surface area contributed by atoms with E-state index in [2.05, 4.69) is 18.3 Å². The number of aryl methyl sites for hydroxylation is 1. The van der Waals surface area contributed by atoms with Crippen LogP contribution in [0.5, 0.6) is 11.6 Å². The number of aromatic nitrogens is 2. The summed E-state index contributed by atoms with van der Waals surface area (Å²) in [6.45, 7) is 2.16. The highest BCUT2D eigenvalue weighted by atomic mass is 32.3. The van der Waals surface area contributed by atoms with Crippen molar-refractivity contribution in [3.63, 3.8) is 0 Å². The van der Waals surface area contributed by atoms with Crippen molar-refractivity contribution >= 4 is 10.4 Å². The van der Waals surface area contributed by atoms with Gasteiger partial charge in [-0.25, -0.2) is 18.3 Å². The molecular weight excluding hydrogens is 320 g/mol. The third kappa shape index (κ3) is 4.25. The maximum atomic E-state index is 11.0. The molecule has 1 aliphatic heterocycles. The zero-order valence-corrected chi connectivity index (χ0v) is 13.3. The Labute approximate surface area is 134 Å². The molecular formula is C15H16N2O5S. The summed E-state index contributed by atoms with van der Waals surface area (Å²) < 4.78 is 37.1. The molecule has 8 heteroatoms. The molecule has 0 bridgehead atoms. The van der Waals surface area contributed by atoms with Gasteiger partial charge < -0.3 is 4.74 Å². The lowest BCUT2D eigenvalue weighted by molar-refractivity contribution is 0.103. The zero-order chi connectivity index (χ0) is 16.3. The lowest BCUT2D eigenvalue weighted by atomic mass is 10.0. The minimum atomic E-state index is -3.79. The Hall–Kier alpha value is -2.03. The second-order valence-electron chi connectivity index (χ2n) is 5.30. The fourth-order valence-corrected chi connectivity index (χ4v) is 2.98. The first-order valence-electron chi connectivity index (χ1n) is 7.09. The van der Waals surface area contributed by atoms with E-state index >= 15 is 0 Å². The summed E-state index contributed by atoms with van der Waals surface area (Å²) in [5.74, 6) is 1.20. The second-order valence-corrected chi connectivity index (χ2v) is 6.59. The van der Waals surface area contributed by atoms with Crippen LogP contribution in [0.2, 0.25) is 0 Å². The summed E-state index contributed by atoms with van der Waals surface area (Å²) in [7, 11) is -3.79. The minimum Gasteiger partial charge on any atom is -0.439 e. The minimum absolute atomic E-state index is 0.00871.